The second-order valence-corrected chi connectivity index (χ2v) is 9.42. The first-order valence-corrected chi connectivity index (χ1v) is 11.2. The van der Waals surface area contributed by atoms with Crippen molar-refractivity contribution in [2.75, 3.05) is 11.6 Å². The van der Waals surface area contributed by atoms with Crippen molar-refractivity contribution in [1.82, 2.24) is 15.5 Å². The molecule has 0 spiro atoms. The van der Waals surface area contributed by atoms with E-state index in [0.717, 1.165) is 25.5 Å². The van der Waals surface area contributed by atoms with Crippen LogP contribution < -0.4 is 10.6 Å². The van der Waals surface area contributed by atoms with Gasteiger partial charge in [0.2, 0.25) is 0 Å². The van der Waals surface area contributed by atoms with E-state index < -0.39 is 9.84 Å². The number of nitrogens with zero attached hydrogens (tertiary/aromatic N) is 1. The van der Waals surface area contributed by atoms with Gasteiger partial charge in [0.1, 0.15) is 11.4 Å². The molecule has 1 heterocycles. The monoisotopic (exact) mass is 406 g/mol. The molecular weight excluding hydrogens is 380 g/mol. The number of rotatable bonds is 6. The summed E-state index contributed by atoms with van der Waals surface area (Å²) in [6, 6.07) is 6.28. The van der Waals surface area contributed by atoms with Crippen LogP contribution in [0.15, 0.2) is 35.4 Å². The molecule has 1 aromatic carbocycles. The zero-order valence-corrected chi connectivity index (χ0v) is 16.8. The third-order valence-electron chi connectivity index (χ3n) is 5.40. The topological polar surface area (TPSA) is 124 Å². The second-order valence-electron chi connectivity index (χ2n) is 7.40. The molecule has 1 aliphatic carbocycles. The van der Waals surface area contributed by atoms with E-state index in [0.29, 0.717) is 29.9 Å². The predicted molar refractivity (Wildman–Crippen MR) is 106 cm³/mol. The van der Waals surface area contributed by atoms with E-state index >= 15 is 0 Å². The molecular formula is C19H26N4O4S. The number of carbonyl (C=O) groups is 1. The van der Waals surface area contributed by atoms with Crippen molar-refractivity contribution in [3.8, 4) is 0 Å². The fourth-order valence-corrected chi connectivity index (χ4v) is 4.14. The summed E-state index contributed by atoms with van der Waals surface area (Å²) in [5.41, 5.74) is 0.699. The average molecular weight is 407 g/mol. The van der Waals surface area contributed by atoms with Crippen LogP contribution in [-0.2, 0) is 9.84 Å². The van der Waals surface area contributed by atoms with Crippen LogP contribution in [0.25, 0.3) is 0 Å². The van der Waals surface area contributed by atoms with Gasteiger partial charge in [0.05, 0.1) is 17.2 Å². The number of aliphatic hydroxyl groups excluding tert-OH is 1. The lowest BCUT2D eigenvalue weighted by atomic mass is 9.78. The van der Waals surface area contributed by atoms with Crippen molar-refractivity contribution in [2.45, 2.75) is 55.6 Å². The van der Waals surface area contributed by atoms with Gasteiger partial charge in [-0.15, -0.1) is 0 Å². The van der Waals surface area contributed by atoms with Gasteiger partial charge in [0.25, 0.3) is 5.91 Å². The average Bonchev–Trinajstić information content (AvgIpc) is 3.12. The maximum Gasteiger partial charge on any atom is 0.257 e. The number of hydrogen-bond donors (Lipinski definition) is 4. The summed E-state index contributed by atoms with van der Waals surface area (Å²) < 4.78 is 23.1. The number of amides is 1. The second kappa shape index (κ2) is 7.92. The van der Waals surface area contributed by atoms with E-state index in [1.807, 2.05) is 6.92 Å². The highest BCUT2D eigenvalue weighted by Crippen LogP contribution is 2.32. The molecule has 8 nitrogen and oxygen atoms in total. The molecule has 28 heavy (non-hydrogen) atoms. The SMILES string of the molecule is CCC1(NC(=O)c2cn[nH]c2Nc2ccc(S(C)(=O)=O)cc2)CCC(O)CC1. The highest BCUT2D eigenvalue weighted by Gasteiger charge is 2.35. The normalized spacial score (nSPS) is 22.6. The first-order valence-electron chi connectivity index (χ1n) is 9.33. The Kier molecular flexibility index (Phi) is 5.76. The number of benzene rings is 1. The van der Waals surface area contributed by atoms with Gasteiger partial charge in [-0.3, -0.25) is 9.89 Å². The molecule has 0 unspecified atom stereocenters. The Morgan fingerprint density at radius 2 is 1.93 bits per heavy atom. The lowest BCUT2D eigenvalue weighted by Crippen LogP contribution is -2.51. The molecule has 1 saturated carbocycles. The third kappa shape index (κ3) is 4.53. The summed E-state index contributed by atoms with van der Waals surface area (Å²) >= 11 is 0. The molecule has 1 amide bonds. The summed E-state index contributed by atoms with van der Waals surface area (Å²) in [6.45, 7) is 2.04. The summed E-state index contributed by atoms with van der Waals surface area (Å²) in [5, 5.41) is 22.7. The van der Waals surface area contributed by atoms with E-state index in [9.17, 15) is 18.3 Å². The van der Waals surface area contributed by atoms with E-state index in [2.05, 4.69) is 20.8 Å². The highest BCUT2D eigenvalue weighted by molar-refractivity contribution is 7.90. The van der Waals surface area contributed by atoms with Crippen LogP contribution in [-0.4, -0.2) is 47.5 Å². The van der Waals surface area contributed by atoms with Gasteiger partial charge < -0.3 is 15.7 Å². The van der Waals surface area contributed by atoms with E-state index in [1.54, 1.807) is 12.1 Å². The zero-order valence-electron chi connectivity index (χ0n) is 16.0. The van der Waals surface area contributed by atoms with Crippen LogP contribution in [0.5, 0.6) is 0 Å². The maximum atomic E-state index is 12.9. The maximum absolute atomic E-state index is 12.9. The van der Waals surface area contributed by atoms with Gasteiger partial charge in [-0.2, -0.15) is 5.10 Å². The smallest absolute Gasteiger partial charge is 0.257 e. The van der Waals surface area contributed by atoms with Gasteiger partial charge in [-0.05, 0) is 56.4 Å². The van der Waals surface area contributed by atoms with Crippen LogP contribution in [0.2, 0.25) is 0 Å². The molecule has 152 valence electrons. The van der Waals surface area contributed by atoms with Crippen LogP contribution in [0.3, 0.4) is 0 Å². The Morgan fingerprint density at radius 1 is 1.29 bits per heavy atom. The van der Waals surface area contributed by atoms with Gasteiger partial charge in [-0.1, -0.05) is 6.92 Å². The minimum absolute atomic E-state index is 0.227. The molecule has 0 atom stereocenters. The molecule has 1 aliphatic rings. The number of aliphatic hydroxyl groups is 1. The molecule has 0 aliphatic heterocycles. The Hall–Kier alpha value is -2.39. The van der Waals surface area contributed by atoms with Gasteiger partial charge >= 0.3 is 0 Å². The Bertz CT molecular complexity index is 929. The van der Waals surface area contributed by atoms with Crippen molar-refractivity contribution < 1.29 is 18.3 Å². The number of carbonyl (C=O) groups excluding carboxylic acids is 1. The molecule has 1 fully saturated rings. The van der Waals surface area contributed by atoms with Gasteiger partial charge in [0, 0.05) is 17.5 Å². The van der Waals surface area contributed by atoms with Crippen LogP contribution >= 0.6 is 0 Å². The number of aromatic amines is 1. The Labute approximate surface area is 164 Å². The number of nitrogens with one attached hydrogen (secondary N) is 3. The fourth-order valence-electron chi connectivity index (χ4n) is 3.51. The molecule has 1 aromatic heterocycles. The van der Waals surface area contributed by atoms with Crippen molar-refractivity contribution in [2.24, 2.45) is 0 Å². The first kappa shape index (κ1) is 20.3. The van der Waals surface area contributed by atoms with Crippen molar-refractivity contribution in [3.05, 3.63) is 36.0 Å². The Morgan fingerprint density at radius 3 is 2.50 bits per heavy atom. The van der Waals surface area contributed by atoms with Crippen LogP contribution in [0.4, 0.5) is 11.5 Å². The third-order valence-corrected chi connectivity index (χ3v) is 6.53. The van der Waals surface area contributed by atoms with E-state index in [1.165, 1.54) is 18.3 Å². The quantitative estimate of drug-likeness (QED) is 0.584. The van der Waals surface area contributed by atoms with Gasteiger partial charge in [0.15, 0.2) is 9.84 Å². The minimum atomic E-state index is -3.26. The first-order chi connectivity index (χ1) is 13.2. The van der Waals surface area contributed by atoms with Crippen molar-refractivity contribution in [1.29, 1.82) is 0 Å². The van der Waals surface area contributed by atoms with E-state index in [-0.39, 0.29) is 22.4 Å². The number of aromatic nitrogens is 2. The van der Waals surface area contributed by atoms with Gasteiger partial charge in [-0.25, -0.2) is 8.42 Å². The van der Waals surface area contributed by atoms with Crippen LogP contribution in [0.1, 0.15) is 49.4 Å². The lowest BCUT2D eigenvalue weighted by molar-refractivity contribution is 0.0671. The lowest BCUT2D eigenvalue weighted by Gasteiger charge is -2.39. The molecule has 0 saturated heterocycles. The van der Waals surface area contributed by atoms with E-state index in [4.69, 9.17) is 0 Å². The molecule has 4 N–H and O–H groups in total. The summed E-state index contributed by atoms with van der Waals surface area (Å²) in [5.74, 6) is 0.203. The molecule has 9 heteroatoms. The van der Waals surface area contributed by atoms with Crippen molar-refractivity contribution in [3.63, 3.8) is 0 Å². The summed E-state index contributed by atoms with van der Waals surface area (Å²) in [6.07, 6.45) is 5.95. The standard InChI is InChI=1S/C19H26N4O4S/c1-3-19(10-8-14(24)9-11-19)22-18(25)16-12-20-23-17(16)21-13-4-6-15(7-5-13)28(2,26)27/h4-7,12,14,24H,3,8-11H2,1-2H3,(H,22,25)(H2,20,21,23). The molecule has 3 rings (SSSR count). The van der Waals surface area contributed by atoms with Crippen LogP contribution in [0, 0.1) is 0 Å². The molecule has 2 aromatic rings. The number of hydrogen-bond acceptors (Lipinski definition) is 6. The number of sulfone groups is 1. The summed E-state index contributed by atoms with van der Waals surface area (Å²) in [4.78, 5) is 13.1. The minimum Gasteiger partial charge on any atom is -0.393 e. The molecule has 0 radical (unpaired) electrons. The number of H-pyrrole nitrogens is 1. The largest absolute Gasteiger partial charge is 0.393 e. The predicted octanol–water partition coefficient (Wildman–Crippen LogP) is 2.37. The van der Waals surface area contributed by atoms with Crippen molar-refractivity contribution >= 4 is 27.2 Å². The fraction of sp³-hybridized carbons (Fsp3) is 0.474. The molecule has 0 bridgehead atoms. The Balaban J connectivity index is 1.73. The highest BCUT2D eigenvalue weighted by atomic mass is 32.2. The number of anilines is 2. The summed E-state index contributed by atoms with van der Waals surface area (Å²) in [7, 11) is -3.26. The zero-order chi connectivity index (χ0) is 20.4.